The van der Waals surface area contributed by atoms with Crippen LogP contribution in [0.15, 0.2) is 0 Å². The van der Waals surface area contributed by atoms with Gasteiger partial charge in [-0.1, -0.05) is 13.8 Å². The van der Waals surface area contributed by atoms with Crippen LogP contribution in [0.25, 0.3) is 0 Å². The Morgan fingerprint density at radius 3 is 2.41 bits per heavy atom. The molecule has 3 atom stereocenters. The molecule has 4 nitrogen and oxygen atoms in total. The average molecular weight is 260 g/mol. The lowest BCUT2D eigenvalue weighted by atomic mass is 9.94. The Bertz CT molecular complexity index is 340. The fourth-order valence-corrected chi connectivity index (χ4v) is 5.06. The van der Waals surface area contributed by atoms with E-state index in [1.807, 2.05) is 0 Å². The summed E-state index contributed by atoms with van der Waals surface area (Å²) in [5, 5.41) is 3.27. The van der Waals surface area contributed by atoms with Gasteiger partial charge in [0.05, 0.1) is 5.75 Å². The van der Waals surface area contributed by atoms with Crippen molar-refractivity contribution in [2.75, 3.05) is 25.4 Å². The summed E-state index contributed by atoms with van der Waals surface area (Å²) in [6, 6.07) is 0.174. The summed E-state index contributed by atoms with van der Waals surface area (Å²) >= 11 is 0. The molecular weight excluding hydrogens is 236 g/mol. The van der Waals surface area contributed by atoms with Crippen LogP contribution in [0.1, 0.15) is 33.1 Å². The number of sulfonamides is 1. The molecule has 2 saturated heterocycles. The minimum Gasteiger partial charge on any atom is -0.313 e. The van der Waals surface area contributed by atoms with E-state index >= 15 is 0 Å². The zero-order valence-electron chi connectivity index (χ0n) is 10.9. The molecule has 2 rings (SSSR count). The zero-order valence-corrected chi connectivity index (χ0v) is 11.7. The zero-order chi connectivity index (χ0) is 12.5. The first kappa shape index (κ1) is 13.3. The molecule has 0 aromatic heterocycles. The van der Waals surface area contributed by atoms with Crippen LogP contribution in [0, 0.1) is 11.8 Å². The normalized spacial score (nSPS) is 36.2. The molecule has 0 bridgehead atoms. The van der Waals surface area contributed by atoms with Crippen LogP contribution in [0.5, 0.6) is 0 Å². The molecule has 1 N–H and O–H groups in total. The highest BCUT2D eigenvalue weighted by Crippen LogP contribution is 2.24. The third-order valence-electron chi connectivity index (χ3n) is 3.80. The van der Waals surface area contributed by atoms with E-state index in [0.29, 0.717) is 24.9 Å². The van der Waals surface area contributed by atoms with Gasteiger partial charge in [0.1, 0.15) is 0 Å². The van der Waals surface area contributed by atoms with E-state index in [9.17, 15) is 8.42 Å². The van der Waals surface area contributed by atoms with Crippen LogP contribution in [0.3, 0.4) is 0 Å². The van der Waals surface area contributed by atoms with Crippen LogP contribution in [-0.2, 0) is 10.0 Å². The van der Waals surface area contributed by atoms with Crippen molar-refractivity contribution in [2.24, 2.45) is 11.8 Å². The van der Waals surface area contributed by atoms with Gasteiger partial charge < -0.3 is 5.32 Å². The van der Waals surface area contributed by atoms with Gasteiger partial charge in [0.15, 0.2) is 0 Å². The van der Waals surface area contributed by atoms with Gasteiger partial charge in [-0.05, 0) is 37.6 Å². The number of nitrogens with zero attached hydrogens (tertiary/aromatic N) is 1. The first-order valence-corrected chi connectivity index (χ1v) is 8.29. The van der Waals surface area contributed by atoms with Gasteiger partial charge in [0, 0.05) is 19.1 Å². The van der Waals surface area contributed by atoms with Crippen LogP contribution >= 0.6 is 0 Å². The van der Waals surface area contributed by atoms with Gasteiger partial charge in [-0.25, -0.2) is 12.7 Å². The van der Waals surface area contributed by atoms with Crippen LogP contribution < -0.4 is 5.32 Å². The highest BCUT2D eigenvalue weighted by atomic mass is 32.2. The monoisotopic (exact) mass is 260 g/mol. The molecule has 17 heavy (non-hydrogen) atoms. The Hall–Kier alpha value is -0.130. The molecule has 0 aromatic rings. The Labute approximate surface area is 105 Å². The van der Waals surface area contributed by atoms with Gasteiger partial charge in [0.2, 0.25) is 10.0 Å². The smallest absolute Gasteiger partial charge is 0.215 e. The largest absolute Gasteiger partial charge is 0.313 e. The highest BCUT2D eigenvalue weighted by molar-refractivity contribution is 7.89. The molecule has 0 aliphatic carbocycles. The van der Waals surface area contributed by atoms with E-state index in [-0.39, 0.29) is 11.8 Å². The average Bonchev–Trinajstić information content (AvgIpc) is 2.68. The molecule has 3 unspecified atom stereocenters. The van der Waals surface area contributed by atoms with Gasteiger partial charge in [-0.2, -0.15) is 0 Å². The number of nitrogens with one attached hydrogen (secondary N) is 1. The Kier molecular flexibility index (Phi) is 4.10. The number of hydrogen-bond acceptors (Lipinski definition) is 3. The molecule has 0 aromatic carbocycles. The summed E-state index contributed by atoms with van der Waals surface area (Å²) in [7, 11) is -3.06. The summed E-state index contributed by atoms with van der Waals surface area (Å²) in [6.45, 7) is 6.67. The second-order valence-electron chi connectivity index (χ2n) is 5.83. The van der Waals surface area contributed by atoms with E-state index < -0.39 is 10.0 Å². The van der Waals surface area contributed by atoms with Crippen molar-refractivity contribution in [3.63, 3.8) is 0 Å². The second-order valence-corrected chi connectivity index (χ2v) is 7.85. The predicted molar refractivity (Wildman–Crippen MR) is 69.3 cm³/mol. The number of piperidine rings is 1. The summed E-state index contributed by atoms with van der Waals surface area (Å²) in [4.78, 5) is 0. The van der Waals surface area contributed by atoms with Crippen molar-refractivity contribution in [3.8, 4) is 0 Å². The fraction of sp³-hybridized carbons (Fsp3) is 1.00. The van der Waals surface area contributed by atoms with Crippen LogP contribution in [-0.4, -0.2) is 44.2 Å². The Morgan fingerprint density at radius 2 is 1.88 bits per heavy atom. The molecule has 2 aliphatic heterocycles. The first-order chi connectivity index (χ1) is 7.97. The maximum Gasteiger partial charge on any atom is 0.215 e. The van der Waals surface area contributed by atoms with Crippen molar-refractivity contribution >= 4 is 10.0 Å². The fourth-order valence-electron chi connectivity index (χ4n) is 3.09. The lowest BCUT2D eigenvalue weighted by Crippen LogP contribution is -2.46. The Morgan fingerprint density at radius 1 is 1.24 bits per heavy atom. The van der Waals surface area contributed by atoms with E-state index in [1.165, 1.54) is 0 Å². The molecule has 0 saturated carbocycles. The predicted octanol–water partition coefficient (Wildman–Crippen LogP) is 1.05. The topological polar surface area (TPSA) is 49.4 Å². The highest BCUT2D eigenvalue weighted by Gasteiger charge is 2.32. The number of hydrogen-bond donors (Lipinski definition) is 1. The van der Waals surface area contributed by atoms with Crippen molar-refractivity contribution in [1.29, 1.82) is 0 Å². The first-order valence-electron chi connectivity index (χ1n) is 6.68. The van der Waals surface area contributed by atoms with Gasteiger partial charge in [-0.15, -0.1) is 0 Å². The quantitative estimate of drug-likeness (QED) is 0.825. The Balaban J connectivity index is 1.98. The number of rotatable bonds is 3. The summed E-state index contributed by atoms with van der Waals surface area (Å²) in [5.41, 5.74) is 0. The second kappa shape index (κ2) is 5.24. The van der Waals surface area contributed by atoms with E-state index in [1.54, 1.807) is 4.31 Å². The summed E-state index contributed by atoms with van der Waals surface area (Å²) in [5.74, 6) is 1.27. The van der Waals surface area contributed by atoms with Gasteiger partial charge >= 0.3 is 0 Å². The molecule has 0 radical (unpaired) electrons. The van der Waals surface area contributed by atoms with Crippen LogP contribution in [0.4, 0.5) is 0 Å². The van der Waals surface area contributed by atoms with Crippen molar-refractivity contribution in [1.82, 2.24) is 9.62 Å². The van der Waals surface area contributed by atoms with Crippen molar-refractivity contribution in [3.05, 3.63) is 0 Å². The van der Waals surface area contributed by atoms with Gasteiger partial charge in [-0.3, -0.25) is 0 Å². The van der Waals surface area contributed by atoms with E-state index in [4.69, 9.17) is 0 Å². The van der Waals surface area contributed by atoms with E-state index in [2.05, 4.69) is 19.2 Å². The SMILES string of the molecule is CC1CC(C)CN(S(=O)(=O)CC2CCCN2)C1. The lowest BCUT2D eigenvalue weighted by Gasteiger charge is -2.34. The summed E-state index contributed by atoms with van der Waals surface area (Å²) < 4.78 is 26.4. The maximum absolute atomic E-state index is 12.3. The molecule has 2 heterocycles. The molecule has 0 spiro atoms. The molecule has 2 aliphatic rings. The molecule has 2 fully saturated rings. The molecule has 5 heteroatoms. The standard InChI is InChI=1S/C12H24N2O2S/c1-10-6-11(2)8-14(7-10)17(15,16)9-12-4-3-5-13-12/h10-13H,3-9H2,1-2H3. The van der Waals surface area contributed by atoms with Crippen LogP contribution in [0.2, 0.25) is 0 Å². The summed E-state index contributed by atoms with van der Waals surface area (Å²) in [6.07, 6.45) is 3.25. The van der Waals surface area contributed by atoms with Gasteiger partial charge in [0.25, 0.3) is 0 Å². The third kappa shape index (κ3) is 3.42. The third-order valence-corrected chi connectivity index (χ3v) is 5.71. The minimum atomic E-state index is -3.06. The maximum atomic E-state index is 12.3. The van der Waals surface area contributed by atoms with E-state index in [0.717, 1.165) is 25.8 Å². The molecule has 100 valence electrons. The lowest BCUT2D eigenvalue weighted by molar-refractivity contribution is 0.222. The minimum absolute atomic E-state index is 0.174. The molecular formula is C12H24N2O2S. The van der Waals surface area contributed by atoms with Crippen molar-refractivity contribution in [2.45, 2.75) is 39.2 Å². The molecule has 0 amide bonds. The van der Waals surface area contributed by atoms with Crippen molar-refractivity contribution < 1.29 is 8.42 Å².